The Morgan fingerprint density at radius 3 is 1.40 bits per heavy atom. The van der Waals surface area contributed by atoms with E-state index in [0.717, 1.165) is 105 Å². The molecule has 0 unspecified atom stereocenters. The molecular formula is C54H35NO2. The summed E-state index contributed by atoms with van der Waals surface area (Å²) in [7, 11) is 0. The number of nitrogens with zero attached hydrogens (tertiary/aromatic N) is 1. The minimum Gasteiger partial charge on any atom is -0.455 e. The zero-order chi connectivity index (χ0) is 37.7. The number of hydrogen-bond acceptors (Lipinski definition) is 3. The van der Waals surface area contributed by atoms with Crippen molar-refractivity contribution >= 4 is 60.9 Å². The fourth-order valence-electron chi connectivity index (χ4n) is 8.39. The maximum Gasteiger partial charge on any atom is 0.143 e. The summed E-state index contributed by atoms with van der Waals surface area (Å²) in [4.78, 5) is 2.30. The monoisotopic (exact) mass is 729 g/mol. The van der Waals surface area contributed by atoms with Gasteiger partial charge >= 0.3 is 0 Å². The summed E-state index contributed by atoms with van der Waals surface area (Å²) in [6.07, 6.45) is 0. The van der Waals surface area contributed by atoms with E-state index in [9.17, 15) is 0 Å². The van der Waals surface area contributed by atoms with Gasteiger partial charge in [-0.1, -0.05) is 158 Å². The van der Waals surface area contributed by atoms with Gasteiger partial charge in [0, 0.05) is 49.7 Å². The van der Waals surface area contributed by atoms with Crippen LogP contribution < -0.4 is 4.90 Å². The van der Waals surface area contributed by atoms with Crippen molar-refractivity contribution in [1.29, 1.82) is 0 Å². The van der Waals surface area contributed by atoms with E-state index in [1.165, 1.54) is 0 Å². The summed E-state index contributed by atoms with van der Waals surface area (Å²) < 4.78 is 13.1. The smallest absolute Gasteiger partial charge is 0.143 e. The van der Waals surface area contributed by atoms with Crippen LogP contribution in [0.5, 0.6) is 0 Å². The maximum atomic E-state index is 6.63. The van der Waals surface area contributed by atoms with Gasteiger partial charge in [0.2, 0.25) is 0 Å². The van der Waals surface area contributed by atoms with E-state index in [-0.39, 0.29) is 0 Å². The van der Waals surface area contributed by atoms with Gasteiger partial charge in [-0.05, 0) is 88.0 Å². The molecule has 0 spiro atoms. The number of fused-ring (bicyclic) bond motifs is 6. The van der Waals surface area contributed by atoms with Crippen LogP contribution in [0, 0.1) is 0 Å². The lowest BCUT2D eigenvalue weighted by Gasteiger charge is -2.26. The second-order valence-corrected chi connectivity index (χ2v) is 14.5. The summed E-state index contributed by atoms with van der Waals surface area (Å²) in [6.45, 7) is 0. The standard InChI is InChI=1S/C54H35NO2/c1-3-15-40(16-4-1)55(41-17-5-2-6-18-41)42-19-11-14-38(34-42)36-28-30-37(31-29-36)43-33-32-39(44-22-12-23-47-45-20-7-9-26-51(45)56-53(44)47)35-50(43)49-25-13-24-48-46-21-8-10-27-52(46)57-54(48)49/h1-35H. The number of para-hydroxylation sites is 6. The lowest BCUT2D eigenvalue weighted by atomic mass is 9.89. The third-order valence-corrected chi connectivity index (χ3v) is 11.1. The molecule has 11 rings (SSSR count). The predicted octanol–water partition coefficient (Wildman–Crippen LogP) is 15.6. The fourth-order valence-corrected chi connectivity index (χ4v) is 8.39. The molecule has 0 N–H and O–H groups in total. The zero-order valence-electron chi connectivity index (χ0n) is 31.0. The van der Waals surface area contributed by atoms with Crippen LogP contribution in [0.4, 0.5) is 17.1 Å². The van der Waals surface area contributed by atoms with Gasteiger partial charge in [-0.15, -0.1) is 0 Å². The Hall–Kier alpha value is -7.62. The summed E-state index contributed by atoms with van der Waals surface area (Å²) in [5, 5.41) is 4.46. The Labute approximate surface area is 330 Å². The summed E-state index contributed by atoms with van der Waals surface area (Å²) >= 11 is 0. The predicted molar refractivity (Wildman–Crippen MR) is 237 cm³/mol. The third-order valence-electron chi connectivity index (χ3n) is 11.1. The highest BCUT2D eigenvalue weighted by Crippen LogP contribution is 2.44. The molecule has 0 bridgehead atoms. The molecule has 2 aromatic heterocycles. The molecule has 0 atom stereocenters. The molecule has 57 heavy (non-hydrogen) atoms. The van der Waals surface area contributed by atoms with Crippen molar-refractivity contribution < 1.29 is 8.83 Å². The van der Waals surface area contributed by atoms with Crippen molar-refractivity contribution in [3.05, 3.63) is 212 Å². The molecule has 3 heteroatoms. The van der Waals surface area contributed by atoms with Crippen molar-refractivity contribution in [2.45, 2.75) is 0 Å². The van der Waals surface area contributed by atoms with Crippen LogP contribution >= 0.6 is 0 Å². The van der Waals surface area contributed by atoms with Crippen molar-refractivity contribution in [3.8, 4) is 44.5 Å². The Balaban J connectivity index is 1.04. The third kappa shape index (κ3) is 5.68. The van der Waals surface area contributed by atoms with Crippen LogP contribution in [-0.4, -0.2) is 0 Å². The van der Waals surface area contributed by atoms with Crippen LogP contribution in [0.15, 0.2) is 221 Å². The first-order valence-electron chi connectivity index (χ1n) is 19.3. The van der Waals surface area contributed by atoms with E-state index < -0.39 is 0 Å². The van der Waals surface area contributed by atoms with Gasteiger partial charge in [-0.25, -0.2) is 0 Å². The average Bonchev–Trinajstić information content (AvgIpc) is 3.86. The van der Waals surface area contributed by atoms with Crippen molar-refractivity contribution in [1.82, 2.24) is 0 Å². The minimum atomic E-state index is 0.883. The first kappa shape index (κ1) is 32.8. The average molecular weight is 730 g/mol. The molecule has 0 amide bonds. The van der Waals surface area contributed by atoms with Crippen LogP contribution in [0.1, 0.15) is 0 Å². The van der Waals surface area contributed by atoms with Crippen LogP contribution in [-0.2, 0) is 0 Å². The number of anilines is 3. The Bertz CT molecular complexity index is 3190. The highest BCUT2D eigenvalue weighted by atomic mass is 16.3. The second-order valence-electron chi connectivity index (χ2n) is 14.5. The van der Waals surface area contributed by atoms with E-state index in [0.29, 0.717) is 0 Å². The molecule has 0 fully saturated rings. The molecule has 0 radical (unpaired) electrons. The van der Waals surface area contributed by atoms with E-state index in [4.69, 9.17) is 8.83 Å². The molecule has 268 valence electrons. The van der Waals surface area contributed by atoms with E-state index in [1.54, 1.807) is 0 Å². The largest absolute Gasteiger partial charge is 0.455 e. The number of hydrogen-bond donors (Lipinski definition) is 0. The molecule has 9 aromatic carbocycles. The van der Waals surface area contributed by atoms with E-state index in [1.807, 2.05) is 24.3 Å². The fraction of sp³-hybridized carbons (Fsp3) is 0. The van der Waals surface area contributed by atoms with E-state index in [2.05, 4.69) is 193 Å². The van der Waals surface area contributed by atoms with Crippen molar-refractivity contribution in [2.24, 2.45) is 0 Å². The molecule has 11 aromatic rings. The van der Waals surface area contributed by atoms with Gasteiger partial charge in [0.1, 0.15) is 22.3 Å². The molecule has 3 nitrogen and oxygen atoms in total. The summed E-state index contributed by atoms with van der Waals surface area (Å²) in [6, 6.07) is 75.0. The van der Waals surface area contributed by atoms with Gasteiger partial charge in [0.25, 0.3) is 0 Å². The lowest BCUT2D eigenvalue weighted by Crippen LogP contribution is -2.09. The molecular weight excluding hydrogens is 695 g/mol. The van der Waals surface area contributed by atoms with Crippen LogP contribution in [0.2, 0.25) is 0 Å². The SMILES string of the molecule is c1ccc(N(c2ccccc2)c2cccc(-c3ccc(-c4ccc(-c5cccc6c5oc5ccccc56)cc4-c4cccc5c4oc4ccccc45)cc3)c2)cc1. The highest BCUT2D eigenvalue weighted by Gasteiger charge is 2.19. The minimum absolute atomic E-state index is 0.883. The number of rotatable bonds is 7. The number of furan rings is 2. The van der Waals surface area contributed by atoms with Gasteiger partial charge in [0.05, 0.1) is 0 Å². The van der Waals surface area contributed by atoms with Crippen molar-refractivity contribution in [2.75, 3.05) is 4.90 Å². The quantitative estimate of drug-likeness (QED) is 0.164. The first-order chi connectivity index (χ1) is 28.3. The van der Waals surface area contributed by atoms with Crippen LogP contribution in [0.3, 0.4) is 0 Å². The van der Waals surface area contributed by atoms with Crippen LogP contribution in [0.25, 0.3) is 88.4 Å². The van der Waals surface area contributed by atoms with E-state index >= 15 is 0 Å². The Morgan fingerprint density at radius 2 is 0.754 bits per heavy atom. The molecule has 0 aliphatic carbocycles. The Morgan fingerprint density at radius 1 is 0.263 bits per heavy atom. The van der Waals surface area contributed by atoms with Gasteiger partial charge in [-0.2, -0.15) is 0 Å². The van der Waals surface area contributed by atoms with Gasteiger partial charge in [0.15, 0.2) is 0 Å². The molecule has 2 heterocycles. The van der Waals surface area contributed by atoms with Crippen molar-refractivity contribution in [3.63, 3.8) is 0 Å². The second kappa shape index (κ2) is 13.6. The summed E-state index contributed by atoms with van der Waals surface area (Å²) in [5.41, 5.74) is 15.7. The maximum absolute atomic E-state index is 6.63. The number of benzene rings is 9. The molecule has 0 aliphatic rings. The lowest BCUT2D eigenvalue weighted by molar-refractivity contribution is 0.670. The normalized spacial score (nSPS) is 11.5. The summed E-state index contributed by atoms with van der Waals surface area (Å²) in [5.74, 6) is 0. The zero-order valence-corrected chi connectivity index (χ0v) is 31.0. The molecule has 0 saturated heterocycles. The van der Waals surface area contributed by atoms with Gasteiger partial charge in [-0.3, -0.25) is 0 Å². The topological polar surface area (TPSA) is 29.5 Å². The highest BCUT2D eigenvalue weighted by molar-refractivity contribution is 6.12. The molecule has 0 aliphatic heterocycles. The van der Waals surface area contributed by atoms with Gasteiger partial charge < -0.3 is 13.7 Å². The Kier molecular flexibility index (Phi) is 7.82. The molecule has 0 saturated carbocycles. The first-order valence-corrected chi connectivity index (χ1v) is 19.3.